The highest BCUT2D eigenvalue weighted by molar-refractivity contribution is 5.83. The third-order valence-corrected chi connectivity index (χ3v) is 3.55. The smallest absolute Gasteiger partial charge is 0.361 e. The molecule has 0 spiro atoms. The molecule has 126 valence electrons. The molecule has 3 aromatic rings. The Balaban J connectivity index is 1.71. The minimum Gasteiger partial charge on any atom is -0.361 e. The number of nitrogens with one attached hydrogen (secondary N) is 2. The first-order chi connectivity index (χ1) is 11.3. The van der Waals surface area contributed by atoms with E-state index in [1.165, 1.54) is 19.1 Å². The van der Waals surface area contributed by atoms with Crippen LogP contribution in [-0.2, 0) is 12.6 Å². The molecule has 4 nitrogen and oxygen atoms in total. The van der Waals surface area contributed by atoms with E-state index < -0.39 is 11.9 Å². The molecule has 0 aliphatic heterocycles. The average molecular weight is 338 g/mol. The number of benzene rings is 1. The SMILES string of the molecule is Cc1cc(C(F)(F)F)nc(NCCc2c[nH]c3cc(F)ccc23)n1. The summed E-state index contributed by atoms with van der Waals surface area (Å²) >= 11 is 0. The predicted octanol–water partition coefficient (Wildman–Crippen LogP) is 4.08. The Morgan fingerprint density at radius 2 is 1.96 bits per heavy atom. The van der Waals surface area contributed by atoms with Crippen molar-refractivity contribution in [2.24, 2.45) is 0 Å². The average Bonchev–Trinajstić information content (AvgIpc) is 2.88. The Bertz CT molecular complexity index is 870. The van der Waals surface area contributed by atoms with Gasteiger partial charge in [0.15, 0.2) is 0 Å². The second-order valence-electron chi connectivity index (χ2n) is 5.40. The first-order valence-electron chi connectivity index (χ1n) is 7.25. The summed E-state index contributed by atoms with van der Waals surface area (Å²) in [5, 5.41) is 3.68. The number of anilines is 1. The van der Waals surface area contributed by atoms with Crippen LogP contribution >= 0.6 is 0 Å². The van der Waals surface area contributed by atoms with Crippen molar-refractivity contribution in [3.63, 3.8) is 0 Å². The molecule has 8 heteroatoms. The maximum Gasteiger partial charge on any atom is 0.433 e. The number of nitrogens with zero attached hydrogens (tertiary/aromatic N) is 2. The van der Waals surface area contributed by atoms with E-state index in [1.807, 2.05) is 0 Å². The van der Waals surface area contributed by atoms with Crippen LogP contribution in [0, 0.1) is 12.7 Å². The number of aromatic amines is 1. The Morgan fingerprint density at radius 3 is 2.71 bits per heavy atom. The summed E-state index contributed by atoms with van der Waals surface area (Å²) in [6.45, 7) is 1.83. The van der Waals surface area contributed by atoms with Gasteiger partial charge in [-0.1, -0.05) is 0 Å². The van der Waals surface area contributed by atoms with Gasteiger partial charge in [-0.3, -0.25) is 0 Å². The van der Waals surface area contributed by atoms with E-state index in [0.717, 1.165) is 17.0 Å². The molecule has 0 radical (unpaired) electrons. The lowest BCUT2D eigenvalue weighted by molar-refractivity contribution is -0.141. The molecule has 0 unspecified atom stereocenters. The lowest BCUT2D eigenvalue weighted by Gasteiger charge is -2.10. The number of fused-ring (bicyclic) bond motifs is 1. The largest absolute Gasteiger partial charge is 0.433 e. The highest BCUT2D eigenvalue weighted by Crippen LogP contribution is 2.28. The number of hydrogen-bond donors (Lipinski definition) is 2. The van der Waals surface area contributed by atoms with Crippen molar-refractivity contribution < 1.29 is 17.6 Å². The van der Waals surface area contributed by atoms with Crippen molar-refractivity contribution in [1.82, 2.24) is 15.0 Å². The molecule has 0 saturated carbocycles. The zero-order valence-electron chi connectivity index (χ0n) is 12.7. The van der Waals surface area contributed by atoms with Crippen LogP contribution in [0.3, 0.4) is 0 Å². The Morgan fingerprint density at radius 1 is 1.17 bits per heavy atom. The van der Waals surface area contributed by atoms with Crippen LogP contribution < -0.4 is 5.32 Å². The van der Waals surface area contributed by atoms with Crippen molar-refractivity contribution in [3.8, 4) is 0 Å². The third kappa shape index (κ3) is 3.47. The number of halogens is 4. The lowest BCUT2D eigenvalue weighted by Crippen LogP contribution is -2.14. The van der Waals surface area contributed by atoms with Gasteiger partial charge < -0.3 is 10.3 Å². The summed E-state index contributed by atoms with van der Waals surface area (Å²) in [4.78, 5) is 10.4. The van der Waals surface area contributed by atoms with Gasteiger partial charge in [0.2, 0.25) is 5.95 Å². The maximum atomic E-state index is 13.2. The van der Waals surface area contributed by atoms with Crippen LogP contribution in [0.2, 0.25) is 0 Å². The fourth-order valence-electron chi connectivity index (χ4n) is 2.47. The van der Waals surface area contributed by atoms with E-state index in [-0.39, 0.29) is 17.5 Å². The molecule has 2 N–H and O–H groups in total. The molecular formula is C16H14F4N4. The van der Waals surface area contributed by atoms with Crippen LogP contribution in [0.5, 0.6) is 0 Å². The van der Waals surface area contributed by atoms with Crippen LogP contribution in [0.1, 0.15) is 17.0 Å². The number of rotatable bonds is 4. The Labute approximate surface area is 134 Å². The third-order valence-electron chi connectivity index (χ3n) is 3.55. The Kier molecular flexibility index (Phi) is 4.13. The molecular weight excluding hydrogens is 324 g/mol. The molecule has 0 aliphatic carbocycles. The number of alkyl halides is 3. The number of aromatic nitrogens is 3. The highest BCUT2D eigenvalue weighted by atomic mass is 19.4. The number of aryl methyl sites for hydroxylation is 1. The van der Waals surface area contributed by atoms with E-state index in [0.29, 0.717) is 18.5 Å². The van der Waals surface area contributed by atoms with Gasteiger partial charge in [-0.05, 0) is 43.2 Å². The Hall–Kier alpha value is -2.64. The number of hydrogen-bond acceptors (Lipinski definition) is 3. The fourth-order valence-corrected chi connectivity index (χ4v) is 2.47. The molecule has 3 rings (SSSR count). The van der Waals surface area contributed by atoms with Crippen LogP contribution in [0.15, 0.2) is 30.5 Å². The normalized spacial score (nSPS) is 11.9. The van der Waals surface area contributed by atoms with E-state index in [2.05, 4.69) is 20.3 Å². The summed E-state index contributed by atoms with van der Waals surface area (Å²) in [7, 11) is 0. The highest BCUT2D eigenvalue weighted by Gasteiger charge is 2.33. The van der Waals surface area contributed by atoms with Gasteiger partial charge in [-0.15, -0.1) is 0 Å². The zero-order chi connectivity index (χ0) is 17.3. The summed E-state index contributed by atoms with van der Waals surface area (Å²) in [5.41, 5.74) is 0.875. The zero-order valence-corrected chi connectivity index (χ0v) is 12.7. The molecule has 24 heavy (non-hydrogen) atoms. The van der Waals surface area contributed by atoms with Crippen molar-refractivity contribution in [2.75, 3.05) is 11.9 Å². The molecule has 0 saturated heterocycles. The van der Waals surface area contributed by atoms with Gasteiger partial charge in [-0.2, -0.15) is 13.2 Å². The summed E-state index contributed by atoms with van der Waals surface area (Å²) < 4.78 is 51.4. The second kappa shape index (κ2) is 6.10. The van der Waals surface area contributed by atoms with E-state index in [4.69, 9.17) is 0 Å². The lowest BCUT2D eigenvalue weighted by atomic mass is 10.1. The van der Waals surface area contributed by atoms with Crippen molar-refractivity contribution >= 4 is 16.9 Å². The van der Waals surface area contributed by atoms with Gasteiger partial charge in [0.1, 0.15) is 11.5 Å². The van der Waals surface area contributed by atoms with Gasteiger partial charge >= 0.3 is 6.18 Å². The van der Waals surface area contributed by atoms with Crippen LogP contribution in [0.4, 0.5) is 23.5 Å². The van der Waals surface area contributed by atoms with E-state index >= 15 is 0 Å². The second-order valence-corrected chi connectivity index (χ2v) is 5.40. The predicted molar refractivity (Wildman–Crippen MR) is 82.2 cm³/mol. The maximum absolute atomic E-state index is 13.2. The molecule has 0 atom stereocenters. The molecule has 1 aromatic carbocycles. The number of H-pyrrole nitrogens is 1. The van der Waals surface area contributed by atoms with E-state index in [9.17, 15) is 17.6 Å². The van der Waals surface area contributed by atoms with Gasteiger partial charge in [0.05, 0.1) is 0 Å². The first kappa shape index (κ1) is 16.2. The van der Waals surface area contributed by atoms with Gasteiger partial charge in [0, 0.05) is 29.3 Å². The van der Waals surface area contributed by atoms with Crippen LogP contribution in [0.25, 0.3) is 10.9 Å². The minimum atomic E-state index is -4.51. The van der Waals surface area contributed by atoms with Gasteiger partial charge in [-0.25, -0.2) is 14.4 Å². The van der Waals surface area contributed by atoms with Crippen molar-refractivity contribution in [3.05, 3.63) is 53.2 Å². The van der Waals surface area contributed by atoms with Gasteiger partial charge in [0.25, 0.3) is 0 Å². The molecule has 0 amide bonds. The molecule has 0 fully saturated rings. The van der Waals surface area contributed by atoms with Crippen molar-refractivity contribution in [2.45, 2.75) is 19.5 Å². The summed E-state index contributed by atoms with van der Waals surface area (Å²) in [6, 6.07) is 5.33. The summed E-state index contributed by atoms with van der Waals surface area (Å²) in [5.74, 6) is -0.393. The van der Waals surface area contributed by atoms with Crippen molar-refractivity contribution in [1.29, 1.82) is 0 Å². The molecule has 2 aromatic heterocycles. The monoisotopic (exact) mass is 338 g/mol. The standard InChI is InChI=1S/C16H14F4N4/c1-9-6-14(16(18,19)20)24-15(23-9)21-5-4-10-8-22-13-7-11(17)2-3-12(10)13/h2-3,6-8,22H,4-5H2,1H3,(H,21,23,24). The quantitative estimate of drug-likeness (QED) is 0.705. The minimum absolute atomic E-state index is 0.0618. The van der Waals surface area contributed by atoms with Crippen LogP contribution in [-0.4, -0.2) is 21.5 Å². The van der Waals surface area contributed by atoms with E-state index in [1.54, 1.807) is 12.3 Å². The topological polar surface area (TPSA) is 53.6 Å². The molecule has 0 bridgehead atoms. The molecule has 0 aliphatic rings. The molecule has 2 heterocycles. The summed E-state index contributed by atoms with van der Waals surface area (Å²) in [6.07, 6.45) is -2.22. The fraction of sp³-hybridized carbons (Fsp3) is 0.250. The first-order valence-corrected chi connectivity index (χ1v) is 7.25.